The van der Waals surface area contributed by atoms with Gasteiger partial charge < -0.3 is 14.4 Å². The van der Waals surface area contributed by atoms with Crippen molar-refractivity contribution >= 4 is 17.6 Å². The van der Waals surface area contributed by atoms with Gasteiger partial charge in [0.15, 0.2) is 0 Å². The summed E-state index contributed by atoms with van der Waals surface area (Å²) in [5.74, 6) is -0.558. The molecular weight excluding hydrogens is 379 g/mol. The van der Waals surface area contributed by atoms with Gasteiger partial charge in [-0.05, 0) is 37.3 Å². The lowest BCUT2D eigenvalue weighted by Gasteiger charge is -2.18. The van der Waals surface area contributed by atoms with E-state index in [1.54, 1.807) is 25.3 Å². The number of carbonyl (C=O) groups excluding carboxylic acids is 2. The van der Waals surface area contributed by atoms with E-state index in [-0.39, 0.29) is 18.8 Å². The SMILES string of the molecule is CCOc1ncccc1CN1CC(=O)N(c2ccc(OC(F)(F)F)cc2)C1=O. The lowest BCUT2D eigenvalue weighted by molar-refractivity contribution is -0.274. The maximum atomic E-state index is 12.7. The molecule has 0 aliphatic carbocycles. The summed E-state index contributed by atoms with van der Waals surface area (Å²) in [6, 6.07) is 7.37. The molecule has 3 amide bonds. The summed E-state index contributed by atoms with van der Waals surface area (Å²) >= 11 is 0. The minimum Gasteiger partial charge on any atom is -0.478 e. The van der Waals surface area contributed by atoms with Gasteiger partial charge in [0, 0.05) is 11.8 Å². The summed E-state index contributed by atoms with van der Waals surface area (Å²) in [4.78, 5) is 31.3. The van der Waals surface area contributed by atoms with Gasteiger partial charge in [-0.25, -0.2) is 14.7 Å². The van der Waals surface area contributed by atoms with Gasteiger partial charge in [-0.2, -0.15) is 0 Å². The van der Waals surface area contributed by atoms with E-state index < -0.39 is 24.1 Å². The number of urea groups is 1. The van der Waals surface area contributed by atoms with Crippen LogP contribution in [0.15, 0.2) is 42.6 Å². The number of carbonyl (C=O) groups is 2. The lowest BCUT2D eigenvalue weighted by Crippen LogP contribution is -2.32. The van der Waals surface area contributed by atoms with E-state index in [1.807, 2.05) is 0 Å². The van der Waals surface area contributed by atoms with Crippen molar-refractivity contribution < 1.29 is 32.2 Å². The number of hydrogen-bond donors (Lipinski definition) is 0. The molecule has 148 valence electrons. The van der Waals surface area contributed by atoms with E-state index in [9.17, 15) is 22.8 Å². The number of ether oxygens (including phenoxy) is 2. The highest BCUT2D eigenvalue weighted by atomic mass is 19.4. The van der Waals surface area contributed by atoms with Crippen molar-refractivity contribution in [1.29, 1.82) is 0 Å². The van der Waals surface area contributed by atoms with Crippen LogP contribution in [-0.4, -0.2) is 41.3 Å². The highest BCUT2D eigenvalue weighted by molar-refractivity contribution is 6.19. The lowest BCUT2D eigenvalue weighted by atomic mass is 10.2. The number of pyridine rings is 1. The summed E-state index contributed by atoms with van der Waals surface area (Å²) in [6.45, 7) is 2.14. The summed E-state index contributed by atoms with van der Waals surface area (Å²) in [6.07, 6.45) is -3.26. The normalized spacial score (nSPS) is 14.6. The number of imide groups is 1. The monoisotopic (exact) mass is 395 g/mol. The average Bonchev–Trinajstić information content (AvgIpc) is 2.90. The number of halogens is 3. The van der Waals surface area contributed by atoms with Crippen molar-refractivity contribution in [1.82, 2.24) is 9.88 Å². The Balaban J connectivity index is 1.75. The number of aromatic nitrogens is 1. The molecule has 1 aromatic heterocycles. The van der Waals surface area contributed by atoms with E-state index in [2.05, 4.69) is 9.72 Å². The first kappa shape index (κ1) is 19.5. The third kappa shape index (κ3) is 4.33. The first-order valence-corrected chi connectivity index (χ1v) is 8.33. The molecule has 2 heterocycles. The van der Waals surface area contributed by atoms with Crippen molar-refractivity contribution in [3.63, 3.8) is 0 Å². The smallest absolute Gasteiger partial charge is 0.478 e. The van der Waals surface area contributed by atoms with Crippen molar-refractivity contribution in [2.75, 3.05) is 18.1 Å². The molecule has 1 saturated heterocycles. The van der Waals surface area contributed by atoms with E-state index in [0.717, 1.165) is 17.0 Å². The van der Waals surface area contributed by atoms with Crippen LogP contribution in [0.2, 0.25) is 0 Å². The third-order valence-electron chi connectivity index (χ3n) is 3.86. The van der Waals surface area contributed by atoms with E-state index in [4.69, 9.17) is 4.74 Å². The molecule has 1 aromatic carbocycles. The van der Waals surface area contributed by atoms with E-state index in [0.29, 0.717) is 18.1 Å². The third-order valence-corrected chi connectivity index (χ3v) is 3.86. The van der Waals surface area contributed by atoms with Crippen LogP contribution in [0.3, 0.4) is 0 Å². The molecular formula is C18H16F3N3O4. The molecule has 10 heteroatoms. The molecule has 0 spiro atoms. The zero-order valence-electron chi connectivity index (χ0n) is 14.8. The van der Waals surface area contributed by atoms with Crippen LogP contribution in [0.4, 0.5) is 23.7 Å². The zero-order chi connectivity index (χ0) is 20.3. The Morgan fingerprint density at radius 3 is 2.50 bits per heavy atom. The number of rotatable bonds is 6. The Kier molecular flexibility index (Phi) is 5.39. The average molecular weight is 395 g/mol. The van der Waals surface area contributed by atoms with Crippen LogP contribution in [0.25, 0.3) is 0 Å². The van der Waals surface area contributed by atoms with Crippen LogP contribution >= 0.6 is 0 Å². The van der Waals surface area contributed by atoms with Crippen molar-refractivity contribution in [3.8, 4) is 11.6 Å². The van der Waals surface area contributed by atoms with Crippen molar-refractivity contribution in [2.24, 2.45) is 0 Å². The topological polar surface area (TPSA) is 72.0 Å². The highest BCUT2D eigenvalue weighted by Crippen LogP contribution is 2.28. The fraction of sp³-hybridized carbons (Fsp3) is 0.278. The van der Waals surface area contributed by atoms with Gasteiger partial charge in [-0.1, -0.05) is 6.07 Å². The highest BCUT2D eigenvalue weighted by Gasteiger charge is 2.38. The molecule has 0 radical (unpaired) electrons. The first-order chi connectivity index (χ1) is 13.3. The van der Waals surface area contributed by atoms with Crippen molar-refractivity contribution in [2.45, 2.75) is 19.8 Å². The van der Waals surface area contributed by atoms with Crippen molar-refractivity contribution in [3.05, 3.63) is 48.2 Å². The number of hydrogen-bond acceptors (Lipinski definition) is 5. The quantitative estimate of drug-likeness (QED) is 0.702. The van der Waals surface area contributed by atoms with Gasteiger partial charge in [0.25, 0.3) is 5.91 Å². The largest absolute Gasteiger partial charge is 0.573 e. The van der Waals surface area contributed by atoms with Crippen LogP contribution in [0.1, 0.15) is 12.5 Å². The summed E-state index contributed by atoms with van der Waals surface area (Å²) < 4.78 is 46.0. The van der Waals surface area contributed by atoms with Gasteiger partial charge in [0.2, 0.25) is 5.88 Å². The Labute approximate surface area is 158 Å². The van der Waals surface area contributed by atoms with Crippen LogP contribution in [0, 0.1) is 0 Å². The molecule has 0 saturated carbocycles. The van der Waals surface area contributed by atoms with Gasteiger partial charge in [-0.15, -0.1) is 13.2 Å². The van der Waals surface area contributed by atoms with Crippen LogP contribution < -0.4 is 14.4 Å². The Morgan fingerprint density at radius 2 is 1.86 bits per heavy atom. The summed E-state index contributed by atoms with van der Waals surface area (Å²) in [5.41, 5.74) is 0.796. The second-order valence-electron chi connectivity index (χ2n) is 5.81. The van der Waals surface area contributed by atoms with Gasteiger partial charge in [-0.3, -0.25) is 4.79 Å². The Bertz CT molecular complexity index is 871. The number of amides is 3. The molecule has 28 heavy (non-hydrogen) atoms. The second-order valence-corrected chi connectivity index (χ2v) is 5.81. The van der Waals surface area contributed by atoms with Gasteiger partial charge >= 0.3 is 12.4 Å². The van der Waals surface area contributed by atoms with Crippen LogP contribution in [-0.2, 0) is 11.3 Å². The first-order valence-electron chi connectivity index (χ1n) is 8.33. The maximum absolute atomic E-state index is 12.7. The van der Waals surface area contributed by atoms with Crippen LogP contribution in [0.5, 0.6) is 11.6 Å². The number of anilines is 1. The molecule has 0 atom stereocenters. The molecule has 1 fully saturated rings. The fourth-order valence-corrected chi connectivity index (χ4v) is 2.74. The predicted molar refractivity (Wildman–Crippen MR) is 91.8 cm³/mol. The minimum absolute atomic E-state index is 0.111. The molecule has 3 rings (SSSR count). The Hall–Kier alpha value is -3.30. The molecule has 1 aliphatic rings. The fourth-order valence-electron chi connectivity index (χ4n) is 2.74. The Morgan fingerprint density at radius 1 is 1.14 bits per heavy atom. The molecule has 7 nitrogen and oxygen atoms in total. The standard InChI is InChI=1S/C18H16F3N3O4/c1-2-27-16-12(4-3-9-22-16)10-23-11-15(25)24(17(23)26)13-5-7-14(8-6-13)28-18(19,20)21/h3-9H,2,10-11H2,1H3. The zero-order valence-corrected chi connectivity index (χ0v) is 14.8. The second kappa shape index (κ2) is 7.75. The molecule has 1 aliphatic heterocycles. The number of alkyl halides is 3. The molecule has 0 unspecified atom stereocenters. The molecule has 0 bridgehead atoms. The summed E-state index contributed by atoms with van der Waals surface area (Å²) in [7, 11) is 0. The number of nitrogens with zero attached hydrogens (tertiary/aromatic N) is 3. The molecule has 2 aromatic rings. The molecule has 0 N–H and O–H groups in total. The summed E-state index contributed by atoms with van der Waals surface area (Å²) in [5, 5.41) is 0. The minimum atomic E-state index is -4.82. The van der Waals surface area contributed by atoms with Gasteiger partial charge in [0.1, 0.15) is 12.3 Å². The maximum Gasteiger partial charge on any atom is 0.573 e. The number of benzene rings is 1. The van der Waals surface area contributed by atoms with E-state index >= 15 is 0 Å². The van der Waals surface area contributed by atoms with Gasteiger partial charge in [0.05, 0.1) is 18.8 Å². The predicted octanol–water partition coefficient (Wildman–Crippen LogP) is 3.35. The van der Waals surface area contributed by atoms with E-state index in [1.165, 1.54) is 17.0 Å².